The van der Waals surface area contributed by atoms with Gasteiger partial charge in [-0.1, -0.05) is 0 Å². The molecule has 1 saturated carbocycles. The molecule has 2 N–H and O–H groups in total. The molecule has 1 aliphatic rings. The van der Waals surface area contributed by atoms with Crippen LogP contribution in [0.15, 0.2) is 6.07 Å². The summed E-state index contributed by atoms with van der Waals surface area (Å²) in [4.78, 5) is 23.1. The number of hydrogen-bond acceptors (Lipinski definition) is 3. The van der Waals surface area contributed by atoms with Gasteiger partial charge in [0.2, 0.25) is 11.8 Å². The lowest BCUT2D eigenvalue weighted by atomic mass is 10.2. The fraction of sp³-hybridized carbons (Fsp3) is 0.688. The maximum Gasteiger partial charge on any atom is 0.223 e. The Kier molecular flexibility index (Phi) is 5.98. The Bertz CT molecular complexity index is 520. The van der Waals surface area contributed by atoms with Gasteiger partial charge in [-0.15, -0.1) is 0 Å². The van der Waals surface area contributed by atoms with Crippen LogP contribution in [0.1, 0.15) is 43.5 Å². The third-order valence-electron chi connectivity index (χ3n) is 3.80. The quantitative estimate of drug-likeness (QED) is 0.675. The van der Waals surface area contributed by atoms with Gasteiger partial charge in [0.1, 0.15) is 0 Å². The molecule has 22 heavy (non-hydrogen) atoms. The van der Waals surface area contributed by atoms with Crippen molar-refractivity contribution in [2.75, 3.05) is 13.1 Å². The second-order valence-electron chi connectivity index (χ2n) is 6.02. The first kappa shape index (κ1) is 16.5. The molecule has 6 heteroatoms. The number of nitrogens with one attached hydrogen (secondary N) is 2. The molecular weight excluding hydrogens is 280 g/mol. The van der Waals surface area contributed by atoms with Gasteiger partial charge in [-0.3, -0.25) is 14.3 Å². The van der Waals surface area contributed by atoms with Gasteiger partial charge in [0.05, 0.1) is 5.69 Å². The molecular formula is C16H26N4O2. The van der Waals surface area contributed by atoms with Gasteiger partial charge in [-0.25, -0.2) is 0 Å². The summed E-state index contributed by atoms with van der Waals surface area (Å²) in [7, 11) is 0. The monoisotopic (exact) mass is 306 g/mol. The van der Waals surface area contributed by atoms with Crippen molar-refractivity contribution in [3.05, 3.63) is 17.5 Å². The number of carbonyl (C=O) groups excluding carboxylic acids is 2. The summed E-state index contributed by atoms with van der Waals surface area (Å²) in [5.74, 6) is 0.433. The highest BCUT2D eigenvalue weighted by Crippen LogP contribution is 2.28. The molecule has 2 rings (SSSR count). The van der Waals surface area contributed by atoms with E-state index in [4.69, 9.17) is 0 Å². The lowest BCUT2D eigenvalue weighted by Gasteiger charge is -2.07. The Morgan fingerprint density at radius 1 is 1.23 bits per heavy atom. The van der Waals surface area contributed by atoms with Gasteiger partial charge in [0, 0.05) is 37.7 Å². The van der Waals surface area contributed by atoms with Crippen LogP contribution < -0.4 is 10.6 Å². The number of rotatable bonds is 9. The fourth-order valence-corrected chi connectivity index (χ4v) is 2.40. The number of hydrogen-bond donors (Lipinski definition) is 2. The molecule has 1 aromatic heterocycles. The van der Waals surface area contributed by atoms with E-state index < -0.39 is 0 Å². The van der Waals surface area contributed by atoms with Crippen molar-refractivity contribution in [3.63, 3.8) is 0 Å². The highest BCUT2D eigenvalue weighted by Gasteiger charge is 2.28. The summed E-state index contributed by atoms with van der Waals surface area (Å²) in [5, 5.41) is 10.2. The maximum atomic E-state index is 11.7. The Morgan fingerprint density at radius 2 is 1.95 bits per heavy atom. The first-order valence-electron chi connectivity index (χ1n) is 8.11. The summed E-state index contributed by atoms with van der Waals surface area (Å²) in [6.45, 7) is 6.08. The Labute approximate surface area is 131 Å². The molecule has 1 heterocycles. The van der Waals surface area contributed by atoms with Gasteiger partial charge >= 0.3 is 0 Å². The molecule has 0 atom stereocenters. The topological polar surface area (TPSA) is 76.0 Å². The van der Waals surface area contributed by atoms with Crippen molar-refractivity contribution in [3.8, 4) is 0 Å². The molecule has 0 saturated heterocycles. The van der Waals surface area contributed by atoms with Gasteiger partial charge < -0.3 is 10.6 Å². The van der Waals surface area contributed by atoms with E-state index in [1.54, 1.807) is 0 Å². The van der Waals surface area contributed by atoms with Crippen molar-refractivity contribution >= 4 is 11.8 Å². The van der Waals surface area contributed by atoms with Gasteiger partial charge in [-0.2, -0.15) is 5.10 Å². The maximum absolute atomic E-state index is 11.7. The lowest BCUT2D eigenvalue weighted by Crippen LogP contribution is -2.29. The first-order valence-corrected chi connectivity index (χ1v) is 8.11. The van der Waals surface area contributed by atoms with Crippen LogP contribution >= 0.6 is 0 Å². The van der Waals surface area contributed by atoms with Crippen LogP contribution in [-0.2, 0) is 16.1 Å². The van der Waals surface area contributed by atoms with Gasteiger partial charge in [0.25, 0.3) is 0 Å². The van der Waals surface area contributed by atoms with E-state index in [0.717, 1.165) is 37.2 Å². The molecule has 0 aliphatic heterocycles. The van der Waals surface area contributed by atoms with Crippen LogP contribution in [0.5, 0.6) is 0 Å². The minimum Gasteiger partial charge on any atom is -0.356 e. The number of nitrogens with zero attached hydrogens (tertiary/aromatic N) is 2. The van der Waals surface area contributed by atoms with Crippen LogP contribution in [0.3, 0.4) is 0 Å². The van der Waals surface area contributed by atoms with Gasteiger partial charge in [0.15, 0.2) is 0 Å². The van der Waals surface area contributed by atoms with Crippen molar-refractivity contribution in [2.45, 2.75) is 52.5 Å². The normalized spacial score (nSPS) is 13.9. The smallest absolute Gasteiger partial charge is 0.223 e. The molecule has 6 nitrogen and oxygen atoms in total. The molecule has 1 fully saturated rings. The summed E-state index contributed by atoms with van der Waals surface area (Å²) in [6, 6.07) is 2.05. The zero-order valence-corrected chi connectivity index (χ0v) is 13.5. The molecule has 0 aromatic carbocycles. The minimum atomic E-state index is 0.0500. The first-order chi connectivity index (χ1) is 10.6. The zero-order chi connectivity index (χ0) is 15.9. The molecule has 2 amide bonds. The van der Waals surface area contributed by atoms with E-state index >= 15 is 0 Å². The minimum absolute atomic E-state index is 0.0500. The highest BCUT2D eigenvalue weighted by molar-refractivity contribution is 5.81. The van der Waals surface area contributed by atoms with Crippen molar-refractivity contribution in [2.24, 2.45) is 5.92 Å². The summed E-state index contributed by atoms with van der Waals surface area (Å²) in [5.41, 5.74) is 2.17. The van der Waals surface area contributed by atoms with E-state index in [-0.39, 0.29) is 17.7 Å². The Hall–Kier alpha value is -1.85. The second kappa shape index (κ2) is 7.96. The molecule has 1 aliphatic carbocycles. The summed E-state index contributed by atoms with van der Waals surface area (Å²) < 4.78 is 1.97. The highest BCUT2D eigenvalue weighted by atomic mass is 16.2. The van der Waals surface area contributed by atoms with Crippen LogP contribution in [-0.4, -0.2) is 34.7 Å². The van der Waals surface area contributed by atoms with E-state index in [9.17, 15) is 9.59 Å². The van der Waals surface area contributed by atoms with Crippen LogP contribution in [0.4, 0.5) is 0 Å². The van der Waals surface area contributed by atoms with Crippen LogP contribution in [0, 0.1) is 19.8 Å². The molecule has 1 aromatic rings. The third-order valence-corrected chi connectivity index (χ3v) is 3.80. The largest absolute Gasteiger partial charge is 0.356 e. The Morgan fingerprint density at radius 3 is 2.59 bits per heavy atom. The molecule has 0 unspecified atom stereocenters. The van der Waals surface area contributed by atoms with E-state index in [1.807, 2.05) is 18.5 Å². The SMILES string of the molecule is Cc1cc(C)n(CCCNC(=O)CCCNC(=O)C2CC2)n1. The van der Waals surface area contributed by atoms with E-state index in [0.29, 0.717) is 25.9 Å². The molecule has 0 radical (unpaired) electrons. The standard InChI is InChI=1S/C16H26N4O2/c1-12-11-13(2)20(19-12)10-4-9-17-15(21)5-3-8-18-16(22)14-6-7-14/h11,14H,3-10H2,1-2H3,(H,17,21)(H,18,22). The van der Waals surface area contributed by atoms with Gasteiger partial charge in [-0.05, 0) is 45.6 Å². The van der Waals surface area contributed by atoms with Crippen molar-refractivity contribution < 1.29 is 9.59 Å². The molecule has 0 spiro atoms. The molecule has 0 bridgehead atoms. The molecule has 122 valence electrons. The third kappa shape index (κ3) is 5.50. The van der Waals surface area contributed by atoms with Crippen molar-refractivity contribution in [1.82, 2.24) is 20.4 Å². The zero-order valence-electron chi connectivity index (χ0n) is 13.5. The average Bonchev–Trinajstić information content (AvgIpc) is 3.26. The number of carbonyl (C=O) groups is 2. The Balaban J connectivity index is 1.48. The average molecular weight is 306 g/mol. The number of amides is 2. The summed E-state index contributed by atoms with van der Waals surface area (Å²) >= 11 is 0. The van der Waals surface area contributed by atoms with Crippen molar-refractivity contribution in [1.29, 1.82) is 0 Å². The lowest BCUT2D eigenvalue weighted by molar-refractivity contribution is -0.123. The summed E-state index contributed by atoms with van der Waals surface area (Å²) in [6.07, 6.45) is 4.06. The predicted octanol–water partition coefficient (Wildman–Crippen LogP) is 1.31. The van der Waals surface area contributed by atoms with Crippen LogP contribution in [0.2, 0.25) is 0 Å². The van der Waals surface area contributed by atoms with Crippen LogP contribution in [0.25, 0.3) is 0 Å². The second-order valence-corrected chi connectivity index (χ2v) is 6.02. The fourth-order valence-electron chi connectivity index (χ4n) is 2.40. The predicted molar refractivity (Wildman–Crippen MR) is 84.3 cm³/mol. The number of aromatic nitrogens is 2. The van der Waals surface area contributed by atoms with E-state index in [1.165, 1.54) is 0 Å². The van der Waals surface area contributed by atoms with E-state index in [2.05, 4.69) is 21.8 Å². The number of aryl methyl sites for hydroxylation is 3.